The third-order valence-electron chi connectivity index (χ3n) is 1.98. The van der Waals surface area contributed by atoms with Crippen molar-refractivity contribution in [3.05, 3.63) is 0 Å². The molecule has 0 aromatic heterocycles. The van der Waals surface area contributed by atoms with Crippen LogP contribution >= 0.6 is 0 Å². The summed E-state index contributed by atoms with van der Waals surface area (Å²) in [7, 11) is 0. The lowest BCUT2D eigenvalue weighted by molar-refractivity contribution is -0.0556. The summed E-state index contributed by atoms with van der Waals surface area (Å²) < 4.78 is 5.25. The maximum absolute atomic E-state index is 8.47. The lowest BCUT2D eigenvalue weighted by atomic mass is 10.1. The lowest BCUT2D eigenvalue weighted by Crippen LogP contribution is -2.26. The molecule has 0 spiro atoms. The van der Waals surface area contributed by atoms with Crippen molar-refractivity contribution in [2.24, 2.45) is 0 Å². The molecule has 0 radical (unpaired) electrons. The molecule has 2 nitrogen and oxygen atoms in total. The molecule has 0 bridgehead atoms. The van der Waals surface area contributed by atoms with Gasteiger partial charge >= 0.3 is 0 Å². The molecule has 1 heterocycles. The van der Waals surface area contributed by atoms with Gasteiger partial charge in [-0.05, 0) is 19.3 Å². The van der Waals surface area contributed by atoms with Crippen molar-refractivity contribution in [3.8, 4) is 0 Å². The van der Waals surface area contributed by atoms with Crippen molar-refractivity contribution in [3.63, 3.8) is 0 Å². The van der Waals surface area contributed by atoms with E-state index in [4.69, 9.17) is 9.84 Å². The summed E-state index contributed by atoms with van der Waals surface area (Å²) in [5.41, 5.74) is 0. The Morgan fingerprint density at radius 2 is 2.10 bits per heavy atom. The van der Waals surface area contributed by atoms with E-state index in [2.05, 4.69) is 0 Å². The van der Waals surface area contributed by atoms with Gasteiger partial charge in [0.2, 0.25) is 0 Å². The Bertz CT molecular complexity index is 79.3. The molecule has 1 N–H and O–H groups in total. The molecule has 10 heavy (non-hydrogen) atoms. The number of hydrogen-bond donors (Lipinski definition) is 1. The molecule has 1 saturated heterocycles. The Kier molecular flexibility index (Phi) is 3.76. The van der Waals surface area contributed by atoms with E-state index in [-0.39, 0.29) is 0 Å². The van der Waals surface area contributed by atoms with Crippen LogP contribution < -0.4 is 0 Å². The molecule has 0 amide bonds. The first kappa shape index (κ1) is 8.02. The van der Waals surface area contributed by atoms with Crippen LogP contribution in [0.3, 0.4) is 0 Å². The summed E-state index contributed by atoms with van der Waals surface area (Å²) >= 11 is 0. The van der Waals surface area contributed by atoms with Gasteiger partial charge in [-0.25, -0.2) is 0 Å². The normalized spacial score (nSPS) is 24.3. The average Bonchev–Trinajstić information content (AvgIpc) is 1.84. The Labute approximate surface area is 62.2 Å². The Morgan fingerprint density at radius 1 is 1.30 bits per heavy atom. The SMILES string of the molecule is OCCCCCC1CCO1. The van der Waals surface area contributed by atoms with Gasteiger partial charge in [0, 0.05) is 13.2 Å². The fraction of sp³-hybridized carbons (Fsp3) is 1.00. The second-order valence-electron chi connectivity index (χ2n) is 2.85. The van der Waals surface area contributed by atoms with Crippen molar-refractivity contribution in [1.29, 1.82) is 0 Å². The number of hydrogen-bond acceptors (Lipinski definition) is 2. The van der Waals surface area contributed by atoms with Gasteiger partial charge in [-0.1, -0.05) is 12.8 Å². The summed E-state index contributed by atoms with van der Waals surface area (Å²) in [6.07, 6.45) is 6.31. The van der Waals surface area contributed by atoms with Crippen LogP contribution in [0.2, 0.25) is 0 Å². The summed E-state index contributed by atoms with van der Waals surface area (Å²) in [5.74, 6) is 0. The Morgan fingerprint density at radius 3 is 2.60 bits per heavy atom. The second kappa shape index (κ2) is 4.69. The Balaban J connectivity index is 1.76. The van der Waals surface area contributed by atoms with Gasteiger partial charge < -0.3 is 9.84 Å². The molecule has 1 atom stereocenters. The van der Waals surface area contributed by atoms with E-state index in [0.717, 1.165) is 19.4 Å². The first-order chi connectivity index (χ1) is 4.93. The summed E-state index contributed by atoms with van der Waals surface area (Å²) in [6, 6.07) is 0. The van der Waals surface area contributed by atoms with E-state index in [1.165, 1.54) is 19.3 Å². The van der Waals surface area contributed by atoms with E-state index in [1.807, 2.05) is 0 Å². The van der Waals surface area contributed by atoms with E-state index in [9.17, 15) is 0 Å². The van der Waals surface area contributed by atoms with Crippen molar-refractivity contribution in [1.82, 2.24) is 0 Å². The van der Waals surface area contributed by atoms with Crippen molar-refractivity contribution < 1.29 is 9.84 Å². The van der Waals surface area contributed by atoms with E-state index < -0.39 is 0 Å². The zero-order valence-corrected chi connectivity index (χ0v) is 6.38. The topological polar surface area (TPSA) is 29.5 Å². The van der Waals surface area contributed by atoms with Crippen LogP contribution in [0.5, 0.6) is 0 Å². The molecule has 0 saturated carbocycles. The van der Waals surface area contributed by atoms with Crippen molar-refractivity contribution in [2.45, 2.75) is 38.2 Å². The molecule has 1 rings (SSSR count). The minimum absolute atomic E-state index is 0.339. The van der Waals surface area contributed by atoms with Gasteiger partial charge in [-0.3, -0.25) is 0 Å². The van der Waals surface area contributed by atoms with Crippen LogP contribution in [-0.2, 0) is 4.74 Å². The average molecular weight is 144 g/mol. The molecule has 0 aliphatic carbocycles. The zero-order chi connectivity index (χ0) is 7.23. The zero-order valence-electron chi connectivity index (χ0n) is 6.38. The quantitative estimate of drug-likeness (QED) is 0.590. The van der Waals surface area contributed by atoms with Gasteiger partial charge in [-0.2, -0.15) is 0 Å². The largest absolute Gasteiger partial charge is 0.396 e. The number of unbranched alkanes of at least 4 members (excludes halogenated alkanes) is 2. The highest BCUT2D eigenvalue weighted by molar-refractivity contribution is 4.65. The summed E-state index contributed by atoms with van der Waals surface area (Å²) in [5, 5.41) is 8.47. The maximum Gasteiger partial charge on any atom is 0.0597 e. The van der Waals surface area contributed by atoms with Gasteiger partial charge in [0.1, 0.15) is 0 Å². The van der Waals surface area contributed by atoms with Gasteiger partial charge in [0.25, 0.3) is 0 Å². The van der Waals surface area contributed by atoms with Crippen LogP contribution in [0.1, 0.15) is 32.1 Å². The highest BCUT2D eigenvalue weighted by Crippen LogP contribution is 2.17. The molecule has 1 unspecified atom stereocenters. The molecule has 60 valence electrons. The van der Waals surface area contributed by atoms with Crippen LogP contribution in [0.4, 0.5) is 0 Å². The minimum Gasteiger partial charge on any atom is -0.396 e. The molecule has 1 aliphatic heterocycles. The standard InChI is InChI=1S/C8H16O2/c9-6-3-1-2-4-8-5-7-10-8/h8-9H,1-7H2. The van der Waals surface area contributed by atoms with Gasteiger partial charge in [-0.15, -0.1) is 0 Å². The van der Waals surface area contributed by atoms with Crippen molar-refractivity contribution >= 4 is 0 Å². The first-order valence-corrected chi connectivity index (χ1v) is 4.16. The smallest absolute Gasteiger partial charge is 0.0597 e. The van der Waals surface area contributed by atoms with E-state index in [0.29, 0.717) is 12.7 Å². The fourth-order valence-corrected chi connectivity index (χ4v) is 1.17. The monoisotopic (exact) mass is 144 g/mol. The third-order valence-corrected chi connectivity index (χ3v) is 1.98. The number of aliphatic hydroxyl groups is 1. The summed E-state index contributed by atoms with van der Waals surface area (Å²) in [4.78, 5) is 0. The van der Waals surface area contributed by atoms with Crippen molar-refractivity contribution in [2.75, 3.05) is 13.2 Å². The predicted molar refractivity (Wildman–Crippen MR) is 39.9 cm³/mol. The maximum atomic E-state index is 8.47. The third kappa shape index (κ3) is 2.67. The molecule has 2 heteroatoms. The molecule has 0 aromatic carbocycles. The van der Waals surface area contributed by atoms with Crippen LogP contribution in [-0.4, -0.2) is 24.4 Å². The molecule has 1 aliphatic rings. The first-order valence-electron chi connectivity index (χ1n) is 4.16. The predicted octanol–water partition coefficient (Wildman–Crippen LogP) is 1.33. The highest BCUT2D eigenvalue weighted by Gasteiger charge is 2.16. The number of ether oxygens (including phenoxy) is 1. The van der Waals surface area contributed by atoms with Crippen LogP contribution in [0.15, 0.2) is 0 Å². The van der Waals surface area contributed by atoms with Gasteiger partial charge in [0.05, 0.1) is 6.10 Å². The molecule has 1 fully saturated rings. The molecular weight excluding hydrogens is 128 g/mol. The fourth-order valence-electron chi connectivity index (χ4n) is 1.17. The number of aliphatic hydroxyl groups excluding tert-OH is 1. The highest BCUT2D eigenvalue weighted by atomic mass is 16.5. The Hall–Kier alpha value is -0.0800. The number of rotatable bonds is 5. The lowest BCUT2D eigenvalue weighted by Gasteiger charge is -2.26. The molecule has 0 aromatic rings. The summed E-state index contributed by atoms with van der Waals surface area (Å²) in [6.45, 7) is 1.30. The minimum atomic E-state index is 0.339. The van der Waals surface area contributed by atoms with Gasteiger partial charge in [0.15, 0.2) is 0 Å². The van der Waals surface area contributed by atoms with Crippen LogP contribution in [0.25, 0.3) is 0 Å². The van der Waals surface area contributed by atoms with Crippen LogP contribution in [0, 0.1) is 0 Å². The second-order valence-corrected chi connectivity index (χ2v) is 2.85. The molecular formula is C8H16O2. The van der Waals surface area contributed by atoms with E-state index >= 15 is 0 Å². The van der Waals surface area contributed by atoms with E-state index in [1.54, 1.807) is 0 Å².